The van der Waals surface area contributed by atoms with Gasteiger partial charge in [0.15, 0.2) is 0 Å². The minimum atomic E-state index is -0.672. The number of aliphatic hydroxyl groups is 1. The van der Waals surface area contributed by atoms with Crippen LogP contribution in [0, 0.1) is 29.1 Å². The van der Waals surface area contributed by atoms with Crippen LogP contribution in [0.2, 0.25) is 0 Å². The van der Waals surface area contributed by atoms with Gasteiger partial charge >= 0.3 is 0 Å². The normalized spacial score (nSPS) is 22.5. The lowest BCUT2D eigenvalue weighted by atomic mass is 9.62. The van der Waals surface area contributed by atoms with E-state index in [1.165, 1.54) is 5.56 Å². The van der Waals surface area contributed by atoms with Gasteiger partial charge in [0, 0.05) is 0 Å². The van der Waals surface area contributed by atoms with Crippen LogP contribution < -0.4 is 0 Å². The highest BCUT2D eigenvalue weighted by Gasteiger charge is 2.44. The van der Waals surface area contributed by atoms with Gasteiger partial charge in [-0.3, -0.25) is 0 Å². The van der Waals surface area contributed by atoms with Gasteiger partial charge in [-0.2, -0.15) is 5.26 Å². The Bertz CT molecular complexity index is 471. The molecule has 2 heteroatoms. The van der Waals surface area contributed by atoms with Gasteiger partial charge in [-0.05, 0) is 43.6 Å². The van der Waals surface area contributed by atoms with Crippen LogP contribution in [0.4, 0.5) is 0 Å². The predicted octanol–water partition coefficient (Wildman–Crippen LogP) is 4.14. The van der Waals surface area contributed by atoms with Crippen molar-refractivity contribution in [3.63, 3.8) is 0 Å². The average molecular weight is 257 g/mol. The third kappa shape index (κ3) is 2.82. The summed E-state index contributed by atoms with van der Waals surface area (Å²) in [5.74, 6) is 0. The standard InChI is InChI=1S/C17H23NO/c1-13-4-6-14(7-5-13)15(19)17(12-18)10-8-16(2,3)9-11-17/h4-7,15,19H,8-11H2,1-3H3. The lowest BCUT2D eigenvalue weighted by molar-refractivity contribution is 0.00955. The molecule has 1 aromatic carbocycles. The van der Waals surface area contributed by atoms with Crippen LogP contribution in [0.25, 0.3) is 0 Å². The summed E-state index contributed by atoms with van der Waals surface area (Å²) in [6.07, 6.45) is 2.90. The van der Waals surface area contributed by atoms with E-state index in [0.717, 1.165) is 31.2 Å². The van der Waals surface area contributed by atoms with Crippen molar-refractivity contribution in [2.75, 3.05) is 0 Å². The molecule has 1 atom stereocenters. The Hall–Kier alpha value is -1.33. The fourth-order valence-corrected chi connectivity index (χ4v) is 2.89. The van der Waals surface area contributed by atoms with Gasteiger partial charge < -0.3 is 5.11 Å². The molecule has 1 aromatic rings. The van der Waals surface area contributed by atoms with Crippen molar-refractivity contribution in [3.8, 4) is 6.07 Å². The molecule has 0 amide bonds. The Morgan fingerprint density at radius 1 is 1.11 bits per heavy atom. The lowest BCUT2D eigenvalue weighted by Crippen LogP contribution is -2.35. The van der Waals surface area contributed by atoms with Crippen LogP contribution in [0.3, 0.4) is 0 Å². The molecule has 1 saturated carbocycles. The first-order chi connectivity index (χ1) is 8.88. The van der Waals surface area contributed by atoms with Crippen LogP contribution in [0.15, 0.2) is 24.3 Å². The molecule has 0 aliphatic heterocycles. The van der Waals surface area contributed by atoms with Crippen LogP contribution >= 0.6 is 0 Å². The maximum atomic E-state index is 10.6. The Morgan fingerprint density at radius 3 is 2.11 bits per heavy atom. The third-order valence-electron chi connectivity index (χ3n) is 4.63. The van der Waals surface area contributed by atoms with Crippen molar-refractivity contribution in [2.45, 2.75) is 52.6 Å². The van der Waals surface area contributed by atoms with E-state index in [4.69, 9.17) is 0 Å². The van der Waals surface area contributed by atoms with E-state index in [0.29, 0.717) is 5.41 Å². The summed E-state index contributed by atoms with van der Waals surface area (Å²) in [5, 5.41) is 20.2. The smallest absolute Gasteiger partial charge is 0.0976 e. The molecule has 1 aliphatic carbocycles. The Morgan fingerprint density at radius 2 is 1.63 bits per heavy atom. The average Bonchev–Trinajstić information content (AvgIpc) is 2.40. The van der Waals surface area contributed by atoms with Gasteiger partial charge in [0.2, 0.25) is 0 Å². The Balaban J connectivity index is 2.23. The van der Waals surface area contributed by atoms with Gasteiger partial charge in [0.25, 0.3) is 0 Å². The van der Waals surface area contributed by atoms with Gasteiger partial charge in [-0.1, -0.05) is 43.7 Å². The number of aryl methyl sites for hydroxylation is 1. The van der Waals surface area contributed by atoms with Crippen molar-refractivity contribution in [1.29, 1.82) is 5.26 Å². The highest BCUT2D eigenvalue weighted by atomic mass is 16.3. The molecule has 2 rings (SSSR count). The molecule has 102 valence electrons. The molecular weight excluding hydrogens is 234 g/mol. The number of hydrogen-bond donors (Lipinski definition) is 1. The molecule has 19 heavy (non-hydrogen) atoms. The monoisotopic (exact) mass is 257 g/mol. The van der Waals surface area contributed by atoms with E-state index in [1.54, 1.807) is 0 Å². The maximum absolute atomic E-state index is 10.6. The minimum Gasteiger partial charge on any atom is -0.387 e. The van der Waals surface area contributed by atoms with Gasteiger partial charge in [0.05, 0.1) is 17.6 Å². The van der Waals surface area contributed by atoms with Crippen molar-refractivity contribution in [2.24, 2.45) is 10.8 Å². The summed E-state index contributed by atoms with van der Waals surface area (Å²) in [5.41, 5.74) is 1.73. The zero-order chi connectivity index (χ0) is 14.1. The molecule has 0 aromatic heterocycles. The summed E-state index contributed by atoms with van der Waals surface area (Å²) in [6, 6.07) is 10.3. The summed E-state index contributed by atoms with van der Waals surface area (Å²) >= 11 is 0. The molecule has 0 radical (unpaired) electrons. The van der Waals surface area contributed by atoms with E-state index in [1.807, 2.05) is 31.2 Å². The van der Waals surface area contributed by atoms with E-state index in [9.17, 15) is 10.4 Å². The van der Waals surface area contributed by atoms with E-state index in [2.05, 4.69) is 19.9 Å². The van der Waals surface area contributed by atoms with Crippen LogP contribution in [-0.4, -0.2) is 5.11 Å². The highest BCUT2D eigenvalue weighted by molar-refractivity contribution is 5.27. The summed E-state index contributed by atoms with van der Waals surface area (Å²) < 4.78 is 0. The van der Waals surface area contributed by atoms with E-state index >= 15 is 0 Å². The fourth-order valence-electron chi connectivity index (χ4n) is 2.89. The molecule has 0 saturated heterocycles. The molecule has 0 heterocycles. The SMILES string of the molecule is Cc1ccc(C(O)C2(C#N)CCC(C)(C)CC2)cc1. The quantitative estimate of drug-likeness (QED) is 0.865. The summed E-state index contributed by atoms with van der Waals surface area (Å²) in [7, 11) is 0. The minimum absolute atomic E-state index is 0.299. The number of hydrogen-bond acceptors (Lipinski definition) is 2. The number of rotatable bonds is 2. The second kappa shape index (κ2) is 4.98. The van der Waals surface area contributed by atoms with Crippen LogP contribution in [0.1, 0.15) is 56.8 Å². The Kier molecular flexibility index (Phi) is 3.69. The first kappa shape index (κ1) is 14.1. The van der Waals surface area contributed by atoms with Gasteiger partial charge in [-0.15, -0.1) is 0 Å². The molecule has 1 fully saturated rings. The second-order valence-electron chi connectivity index (χ2n) is 6.75. The van der Waals surface area contributed by atoms with Crippen molar-refractivity contribution in [1.82, 2.24) is 0 Å². The topological polar surface area (TPSA) is 44.0 Å². The third-order valence-corrected chi connectivity index (χ3v) is 4.63. The largest absolute Gasteiger partial charge is 0.387 e. The van der Waals surface area contributed by atoms with Crippen LogP contribution in [-0.2, 0) is 0 Å². The molecule has 0 bridgehead atoms. The van der Waals surface area contributed by atoms with Gasteiger partial charge in [-0.25, -0.2) is 0 Å². The zero-order valence-electron chi connectivity index (χ0n) is 12.1. The summed E-state index contributed by atoms with van der Waals surface area (Å²) in [4.78, 5) is 0. The second-order valence-corrected chi connectivity index (χ2v) is 6.75. The zero-order valence-corrected chi connectivity index (χ0v) is 12.1. The lowest BCUT2D eigenvalue weighted by Gasteiger charge is -2.42. The maximum Gasteiger partial charge on any atom is 0.0976 e. The fraction of sp³-hybridized carbons (Fsp3) is 0.588. The van der Waals surface area contributed by atoms with E-state index < -0.39 is 11.5 Å². The van der Waals surface area contributed by atoms with Crippen molar-refractivity contribution < 1.29 is 5.11 Å². The first-order valence-electron chi connectivity index (χ1n) is 7.04. The highest BCUT2D eigenvalue weighted by Crippen LogP contribution is 2.50. The predicted molar refractivity (Wildman–Crippen MR) is 76.4 cm³/mol. The molecule has 1 N–H and O–H groups in total. The van der Waals surface area contributed by atoms with Gasteiger partial charge in [0.1, 0.15) is 0 Å². The van der Waals surface area contributed by atoms with Crippen molar-refractivity contribution >= 4 is 0 Å². The number of nitrogens with zero attached hydrogens (tertiary/aromatic N) is 1. The molecule has 1 unspecified atom stereocenters. The molecule has 1 aliphatic rings. The van der Waals surface area contributed by atoms with Crippen molar-refractivity contribution in [3.05, 3.63) is 35.4 Å². The summed E-state index contributed by atoms with van der Waals surface area (Å²) in [6.45, 7) is 6.51. The first-order valence-corrected chi connectivity index (χ1v) is 7.04. The number of aliphatic hydroxyl groups excluding tert-OH is 1. The number of benzene rings is 1. The molecule has 2 nitrogen and oxygen atoms in total. The van der Waals surface area contributed by atoms with E-state index in [-0.39, 0.29) is 0 Å². The molecule has 0 spiro atoms. The Labute approximate surface area is 116 Å². The number of nitriles is 1. The molecular formula is C17H23NO. The van der Waals surface area contributed by atoms with Crippen LogP contribution in [0.5, 0.6) is 0 Å².